The van der Waals surface area contributed by atoms with Crippen molar-refractivity contribution in [2.24, 2.45) is 5.92 Å². The predicted octanol–water partition coefficient (Wildman–Crippen LogP) is 4.14. The van der Waals surface area contributed by atoms with E-state index < -0.39 is 0 Å². The number of hydrogen-bond acceptors (Lipinski definition) is 4. The van der Waals surface area contributed by atoms with E-state index in [1.54, 1.807) is 6.20 Å². The Kier molecular flexibility index (Phi) is 5.86. The average molecular weight is 394 g/mol. The van der Waals surface area contributed by atoms with Gasteiger partial charge in [-0.2, -0.15) is 0 Å². The Morgan fingerprint density at radius 2 is 1.83 bits per heavy atom. The summed E-state index contributed by atoms with van der Waals surface area (Å²) in [7, 11) is 0. The van der Waals surface area contributed by atoms with E-state index in [1.807, 2.05) is 35.2 Å². The van der Waals surface area contributed by atoms with Crippen molar-refractivity contribution in [3.8, 4) is 0 Å². The van der Waals surface area contributed by atoms with Crippen molar-refractivity contribution < 1.29 is 9.53 Å². The first-order valence-corrected chi connectivity index (χ1v) is 10.7. The molecule has 1 aliphatic carbocycles. The Balaban J connectivity index is 1.51. The molecule has 1 aromatic carbocycles. The summed E-state index contributed by atoms with van der Waals surface area (Å²) in [6, 6.07) is 14.4. The third-order valence-corrected chi connectivity index (χ3v) is 5.99. The second kappa shape index (κ2) is 8.54. The van der Waals surface area contributed by atoms with Crippen LogP contribution in [0.3, 0.4) is 0 Å². The molecule has 2 aromatic rings. The molecule has 1 aromatic heterocycles. The highest BCUT2D eigenvalue weighted by Crippen LogP contribution is 2.36. The summed E-state index contributed by atoms with van der Waals surface area (Å²) in [5, 5.41) is 0. The smallest absolute Gasteiger partial charge is 0.255 e. The zero-order valence-electron chi connectivity index (χ0n) is 17.6. The molecule has 1 saturated heterocycles. The molecule has 1 saturated carbocycles. The van der Waals surface area contributed by atoms with Gasteiger partial charge in [-0.1, -0.05) is 30.3 Å². The number of rotatable bonds is 6. The summed E-state index contributed by atoms with van der Waals surface area (Å²) in [5.41, 5.74) is 1.82. The quantitative estimate of drug-likeness (QED) is 0.740. The molecule has 0 spiro atoms. The highest BCUT2D eigenvalue weighted by molar-refractivity contribution is 5.94. The molecule has 0 bridgehead atoms. The monoisotopic (exact) mass is 393 g/mol. The minimum Gasteiger partial charge on any atom is -0.372 e. The van der Waals surface area contributed by atoms with E-state index in [0.29, 0.717) is 18.0 Å². The second-order valence-corrected chi connectivity index (χ2v) is 8.56. The highest BCUT2D eigenvalue weighted by Gasteiger charge is 2.35. The number of amides is 1. The van der Waals surface area contributed by atoms with Crippen molar-refractivity contribution in [1.29, 1.82) is 0 Å². The summed E-state index contributed by atoms with van der Waals surface area (Å²) in [6.07, 6.45) is 4.53. The van der Waals surface area contributed by atoms with Crippen molar-refractivity contribution in [2.75, 3.05) is 18.0 Å². The number of carbonyl (C=O) groups excluding carboxylic acids is 1. The van der Waals surface area contributed by atoms with E-state index >= 15 is 0 Å². The fraction of sp³-hybridized carbons (Fsp3) is 0.500. The number of ether oxygens (including phenoxy) is 1. The first-order chi connectivity index (χ1) is 14.0. The van der Waals surface area contributed by atoms with Gasteiger partial charge in [0.2, 0.25) is 0 Å². The van der Waals surface area contributed by atoms with Gasteiger partial charge in [-0.3, -0.25) is 4.79 Å². The first-order valence-electron chi connectivity index (χ1n) is 10.7. The standard InChI is InChI=1S/C24H31N3O2/c1-17-14-26(15-18(2)29-17)23-12-11-22(13-25-23)24(28)27(19(3)21-9-10-21)16-20-7-5-4-6-8-20/h4-8,11-13,17-19,21H,9-10,14-16H2,1-3H3. The normalized spacial score (nSPS) is 22.9. The molecule has 3 unspecified atom stereocenters. The second-order valence-electron chi connectivity index (χ2n) is 8.56. The van der Waals surface area contributed by atoms with E-state index in [0.717, 1.165) is 24.5 Å². The summed E-state index contributed by atoms with van der Waals surface area (Å²) >= 11 is 0. The van der Waals surface area contributed by atoms with Crippen LogP contribution in [-0.4, -0.2) is 47.1 Å². The molecule has 29 heavy (non-hydrogen) atoms. The van der Waals surface area contributed by atoms with Crippen LogP contribution < -0.4 is 4.90 Å². The lowest BCUT2D eigenvalue weighted by molar-refractivity contribution is -0.00546. The SMILES string of the molecule is CC1CN(c2ccc(C(=O)N(Cc3ccccc3)C(C)C3CC3)cn2)CC(C)O1. The summed E-state index contributed by atoms with van der Waals surface area (Å²) < 4.78 is 5.81. The number of carbonyl (C=O) groups is 1. The lowest BCUT2D eigenvalue weighted by atomic mass is 10.1. The Hall–Kier alpha value is -2.40. The van der Waals surface area contributed by atoms with Crippen LogP contribution in [0.4, 0.5) is 5.82 Å². The van der Waals surface area contributed by atoms with Crippen molar-refractivity contribution in [3.05, 3.63) is 59.8 Å². The maximum atomic E-state index is 13.4. The number of nitrogens with zero attached hydrogens (tertiary/aromatic N) is 3. The maximum Gasteiger partial charge on any atom is 0.255 e. The minimum absolute atomic E-state index is 0.0658. The molecular weight excluding hydrogens is 362 g/mol. The van der Waals surface area contributed by atoms with Gasteiger partial charge in [0.05, 0.1) is 17.8 Å². The molecule has 0 radical (unpaired) electrons. The number of aromatic nitrogens is 1. The Bertz CT molecular complexity index is 810. The molecule has 5 nitrogen and oxygen atoms in total. The lowest BCUT2D eigenvalue weighted by Gasteiger charge is -2.36. The van der Waals surface area contributed by atoms with Crippen molar-refractivity contribution in [3.63, 3.8) is 0 Å². The number of benzene rings is 1. The topological polar surface area (TPSA) is 45.7 Å². The van der Waals surface area contributed by atoms with Crippen LogP contribution in [0, 0.1) is 5.92 Å². The van der Waals surface area contributed by atoms with Gasteiger partial charge in [0.15, 0.2) is 0 Å². The molecule has 2 heterocycles. The fourth-order valence-corrected chi connectivity index (χ4v) is 4.24. The predicted molar refractivity (Wildman–Crippen MR) is 115 cm³/mol. The third-order valence-electron chi connectivity index (χ3n) is 5.99. The van der Waals surface area contributed by atoms with E-state index in [9.17, 15) is 4.79 Å². The van der Waals surface area contributed by atoms with E-state index in [-0.39, 0.29) is 24.2 Å². The van der Waals surface area contributed by atoms with Gasteiger partial charge in [0, 0.05) is 31.9 Å². The molecule has 2 aliphatic rings. The van der Waals surface area contributed by atoms with Gasteiger partial charge in [0.25, 0.3) is 5.91 Å². The number of pyridine rings is 1. The highest BCUT2D eigenvalue weighted by atomic mass is 16.5. The Labute approximate surface area is 173 Å². The molecular formula is C24H31N3O2. The van der Waals surface area contributed by atoms with Crippen LogP contribution >= 0.6 is 0 Å². The van der Waals surface area contributed by atoms with Crippen LogP contribution in [0.2, 0.25) is 0 Å². The first kappa shape index (κ1) is 19.9. The van der Waals surface area contributed by atoms with Gasteiger partial charge < -0.3 is 14.5 Å². The summed E-state index contributed by atoms with van der Waals surface area (Å²) in [4.78, 5) is 22.2. The van der Waals surface area contributed by atoms with Crippen LogP contribution in [0.15, 0.2) is 48.7 Å². The Morgan fingerprint density at radius 3 is 2.41 bits per heavy atom. The fourth-order valence-electron chi connectivity index (χ4n) is 4.24. The van der Waals surface area contributed by atoms with E-state index in [2.05, 4.69) is 42.8 Å². The van der Waals surface area contributed by atoms with Crippen molar-refractivity contribution >= 4 is 11.7 Å². The molecule has 1 amide bonds. The molecule has 154 valence electrons. The zero-order valence-corrected chi connectivity index (χ0v) is 17.6. The number of morpholine rings is 1. The molecule has 2 fully saturated rings. The summed E-state index contributed by atoms with van der Waals surface area (Å²) in [6.45, 7) is 8.63. The zero-order chi connectivity index (χ0) is 20.4. The van der Waals surface area contributed by atoms with Gasteiger partial charge >= 0.3 is 0 Å². The van der Waals surface area contributed by atoms with Crippen molar-refractivity contribution in [1.82, 2.24) is 9.88 Å². The molecule has 5 heteroatoms. The molecule has 3 atom stereocenters. The molecule has 4 rings (SSSR count). The van der Waals surface area contributed by atoms with Gasteiger partial charge in [-0.15, -0.1) is 0 Å². The van der Waals surface area contributed by atoms with Gasteiger partial charge in [-0.25, -0.2) is 4.98 Å². The van der Waals surface area contributed by atoms with Crippen molar-refractivity contribution in [2.45, 2.75) is 58.4 Å². The maximum absolute atomic E-state index is 13.4. The lowest BCUT2D eigenvalue weighted by Crippen LogP contribution is -2.45. The number of hydrogen-bond donors (Lipinski definition) is 0. The molecule has 1 aliphatic heterocycles. The summed E-state index contributed by atoms with van der Waals surface area (Å²) in [5.74, 6) is 1.59. The molecule has 0 N–H and O–H groups in total. The van der Waals surface area contributed by atoms with Gasteiger partial charge in [0.1, 0.15) is 5.82 Å². The van der Waals surface area contributed by atoms with E-state index in [4.69, 9.17) is 4.74 Å². The van der Waals surface area contributed by atoms with Crippen LogP contribution in [0.25, 0.3) is 0 Å². The minimum atomic E-state index is 0.0658. The Morgan fingerprint density at radius 1 is 1.14 bits per heavy atom. The largest absolute Gasteiger partial charge is 0.372 e. The number of anilines is 1. The van der Waals surface area contributed by atoms with Gasteiger partial charge in [-0.05, 0) is 57.2 Å². The third kappa shape index (κ3) is 4.78. The van der Waals surface area contributed by atoms with Crippen LogP contribution in [0.1, 0.15) is 49.5 Å². The van der Waals surface area contributed by atoms with Crippen LogP contribution in [0.5, 0.6) is 0 Å². The van der Waals surface area contributed by atoms with E-state index in [1.165, 1.54) is 12.8 Å². The average Bonchev–Trinajstić information content (AvgIpc) is 3.57. The van der Waals surface area contributed by atoms with Crippen LogP contribution in [-0.2, 0) is 11.3 Å².